The molecule has 3 aliphatic heterocycles. The number of hydrogen-bond acceptors (Lipinski definition) is 5. The number of ether oxygens (including phenoxy) is 2. The third-order valence-electron chi connectivity index (χ3n) is 6.86. The third-order valence-corrected chi connectivity index (χ3v) is 6.86. The first kappa shape index (κ1) is 22.1. The number of rotatable bonds is 3. The van der Waals surface area contributed by atoms with Crippen molar-refractivity contribution in [3.05, 3.63) is 82.0 Å². The summed E-state index contributed by atoms with van der Waals surface area (Å²) < 4.78 is 25.6. The van der Waals surface area contributed by atoms with Gasteiger partial charge >= 0.3 is 6.03 Å². The number of aromatic nitrogens is 1. The molecule has 1 aromatic heterocycles. The minimum Gasteiger partial charge on any atom is -0.454 e. The number of amides is 3. The van der Waals surface area contributed by atoms with Gasteiger partial charge in [-0.1, -0.05) is 0 Å². The molecule has 184 valence electrons. The average molecular weight is 490 g/mol. The predicted molar refractivity (Wildman–Crippen MR) is 129 cm³/mol. The number of piperidine rings is 1. The van der Waals surface area contributed by atoms with E-state index in [9.17, 15) is 18.8 Å². The van der Waals surface area contributed by atoms with Crippen molar-refractivity contribution in [2.45, 2.75) is 18.9 Å². The van der Waals surface area contributed by atoms with Crippen LogP contribution in [0.25, 0.3) is 0 Å². The maximum atomic E-state index is 13.2. The highest BCUT2D eigenvalue weighted by Gasteiger charge is 2.38. The van der Waals surface area contributed by atoms with Crippen LogP contribution in [0.4, 0.5) is 20.6 Å². The van der Waals surface area contributed by atoms with Gasteiger partial charge in [0, 0.05) is 48.6 Å². The van der Waals surface area contributed by atoms with Gasteiger partial charge in [0.1, 0.15) is 5.82 Å². The molecule has 10 heteroatoms. The minimum absolute atomic E-state index is 0.104. The molecule has 4 heterocycles. The number of fused-ring (bicyclic) bond motifs is 5. The van der Waals surface area contributed by atoms with Crippen LogP contribution in [-0.2, 0) is 6.54 Å². The van der Waals surface area contributed by atoms with Crippen molar-refractivity contribution in [3.8, 4) is 11.5 Å². The van der Waals surface area contributed by atoms with Crippen molar-refractivity contribution < 1.29 is 23.5 Å². The third kappa shape index (κ3) is 4.04. The number of benzene rings is 2. The van der Waals surface area contributed by atoms with Gasteiger partial charge in [0.25, 0.3) is 11.5 Å². The van der Waals surface area contributed by atoms with Gasteiger partial charge in [0.2, 0.25) is 6.79 Å². The van der Waals surface area contributed by atoms with Gasteiger partial charge in [-0.25, -0.2) is 9.18 Å². The van der Waals surface area contributed by atoms with Gasteiger partial charge in [-0.3, -0.25) is 9.59 Å². The fourth-order valence-electron chi connectivity index (χ4n) is 5.25. The smallest absolute Gasteiger partial charge is 0.321 e. The zero-order valence-electron chi connectivity index (χ0n) is 19.2. The Hall–Kier alpha value is -4.34. The molecule has 0 saturated carbocycles. The number of carbonyl (C=O) groups excluding carboxylic acids is 2. The second kappa shape index (κ2) is 8.71. The average Bonchev–Trinajstić information content (AvgIpc) is 3.35. The second-order valence-electron chi connectivity index (χ2n) is 9.24. The van der Waals surface area contributed by atoms with E-state index in [4.69, 9.17) is 9.47 Å². The van der Waals surface area contributed by atoms with Crippen LogP contribution in [0, 0.1) is 11.7 Å². The number of pyridine rings is 1. The Morgan fingerprint density at radius 2 is 1.72 bits per heavy atom. The zero-order chi connectivity index (χ0) is 24.8. The number of hydrogen-bond donors (Lipinski definition) is 2. The van der Waals surface area contributed by atoms with Gasteiger partial charge in [0.15, 0.2) is 11.5 Å². The maximum Gasteiger partial charge on any atom is 0.321 e. The summed E-state index contributed by atoms with van der Waals surface area (Å²) in [5, 5.41) is 5.76. The molecule has 36 heavy (non-hydrogen) atoms. The lowest BCUT2D eigenvalue weighted by Crippen LogP contribution is -2.50. The van der Waals surface area contributed by atoms with E-state index < -0.39 is 0 Å². The second-order valence-corrected chi connectivity index (χ2v) is 9.24. The topological polar surface area (TPSA) is 102 Å². The summed E-state index contributed by atoms with van der Waals surface area (Å²) in [7, 11) is 0. The molecule has 3 amide bonds. The van der Waals surface area contributed by atoms with Crippen molar-refractivity contribution in [2.24, 2.45) is 5.92 Å². The summed E-state index contributed by atoms with van der Waals surface area (Å²) in [5.74, 6) is 0.357. The highest BCUT2D eigenvalue weighted by atomic mass is 19.1. The molecule has 1 saturated heterocycles. The quantitative estimate of drug-likeness (QED) is 0.584. The molecule has 2 aromatic carbocycles. The number of carbonyl (C=O) groups is 2. The summed E-state index contributed by atoms with van der Waals surface area (Å²) >= 11 is 0. The molecule has 9 nitrogen and oxygen atoms in total. The van der Waals surface area contributed by atoms with Crippen molar-refractivity contribution in [1.29, 1.82) is 0 Å². The van der Waals surface area contributed by atoms with E-state index in [1.54, 1.807) is 33.7 Å². The lowest BCUT2D eigenvalue weighted by molar-refractivity contribution is 0.102. The van der Waals surface area contributed by atoms with E-state index in [-0.39, 0.29) is 41.9 Å². The van der Waals surface area contributed by atoms with Crippen molar-refractivity contribution in [1.82, 2.24) is 9.47 Å². The number of urea groups is 1. The van der Waals surface area contributed by atoms with E-state index >= 15 is 0 Å². The Kier molecular flexibility index (Phi) is 5.36. The summed E-state index contributed by atoms with van der Waals surface area (Å²) in [6, 6.07) is 13.4. The van der Waals surface area contributed by atoms with Gasteiger partial charge < -0.3 is 29.6 Å². The zero-order valence-corrected chi connectivity index (χ0v) is 19.2. The van der Waals surface area contributed by atoms with Crippen LogP contribution < -0.4 is 25.7 Å². The minimum atomic E-state index is -0.377. The summed E-state index contributed by atoms with van der Waals surface area (Å²) in [6.07, 6.45) is 0.802. The van der Waals surface area contributed by atoms with Gasteiger partial charge in [-0.2, -0.15) is 0 Å². The van der Waals surface area contributed by atoms with Crippen LogP contribution in [-0.4, -0.2) is 41.3 Å². The van der Waals surface area contributed by atoms with E-state index in [1.807, 2.05) is 0 Å². The molecular formula is C26H23FN4O5. The fourth-order valence-corrected chi connectivity index (χ4v) is 5.25. The van der Waals surface area contributed by atoms with E-state index in [2.05, 4.69) is 10.6 Å². The molecule has 0 radical (unpaired) electrons. The molecule has 2 atom stereocenters. The first-order valence-corrected chi connectivity index (χ1v) is 11.7. The molecule has 1 fully saturated rings. The standard InChI is InChI=1S/C26H23FN4O5/c27-18-2-4-19(5-3-18)28-26(34)30-11-15-9-17(13-30)24-20(6-8-23(32)31(24)12-15)29-25(33)16-1-7-21-22(10-16)36-14-35-21/h1-8,10,15,17H,9,11-14H2,(H,28,34)(H,29,33). The van der Waals surface area contributed by atoms with Crippen LogP contribution in [0.2, 0.25) is 0 Å². The van der Waals surface area contributed by atoms with Gasteiger partial charge in [0.05, 0.1) is 5.69 Å². The van der Waals surface area contributed by atoms with Crippen LogP contribution in [0.1, 0.15) is 28.4 Å². The number of nitrogens with zero attached hydrogens (tertiary/aromatic N) is 2. The number of anilines is 2. The lowest BCUT2D eigenvalue weighted by Gasteiger charge is -2.43. The van der Waals surface area contributed by atoms with E-state index in [0.717, 1.165) is 6.42 Å². The van der Waals surface area contributed by atoms with Gasteiger partial charge in [-0.05, 0) is 60.9 Å². The monoisotopic (exact) mass is 490 g/mol. The Morgan fingerprint density at radius 3 is 2.56 bits per heavy atom. The Bertz CT molecular complexity index is 1420. The Labute approximate surface area is 205 Å². The van der Waals surface area contributed by atoms with Crippen molar-refractivity contribution in [2.75, 3.05) is 30.5 Å². The van der Waals surface area contributed by atoms with Crippen molar-refractivity contribution in [3.63, 3.8) is 0 Å². The molecule has 0 spiro atoms. The highest BCUT2D eigenvalue weighted by molar-refractivity contribution is 6.05. The summed E-state index contributed by atoms with van der Waals surface area (Å²) in [4.78, 5) is 40.5. The first-order chi connectivity index (χ1) is 17.4. The molecule has 2 unspecified atom stereocenters. The molecule has 6 rings (SSSR count). The number of likely N-dealkylation sites (tertiary alicyclic amines) is 1. The first-order valence-electron chi connectivity index (χ1n) is 11.7. The number of halogens is 1. The van der Waals surface area contributed by atoms with Crippen LogP contribution in [0.3, 0.4) is 0 Å². The van der Waals surface area contributed by atoms with Crippen LogP contribution >= 0.6 is 0 Å². The fraction of sp³-hybridized carbons (Fsp3) is 0.269. The van der Waals surface area contributed by atoms with E-state index in [1.165, 1.54) is 30.3 Å². The maximum absolute atomic E-state index is 13.2. The normalized spacial score (nSPS) is 19.4. The summed E-state index contributed by atoms with van der Waals surface area (Å²) in [5.41, 5.74) is 2.03. The summed E-state index contributed by atoms with van der Waals surface area (Å²) in [6.45, 7) is 1.46. The Balaban J connectivity index is 1.24. The largest absolute Gasteiger partial charge is 0.454 e. The highest BCUT2D eigenvalue weighted by Crippen LogP contribution is 2.39. The molecule has 2 bridgehead atoms. The lowest BCUT2D eigenvalue weighted by atomic mass is 9.82. The predicted octanol–water partition coefficient (Wildman–Crippen LogP) is 3.62. The molecule has 3 aliphatic rings. The molecular weight excluding hydrogens is 467 g/mol. The Morgan fingerprint density at radius 1 is 0.917 bits per heavy atom. The molecule has 0 aliphatic carbocycles. The SMILES string of the molecule is O=C(Nc1ccc(=O)n2c1C1CC(CN(C(=O)Nc3ccc(F)cc3)C1)C2)c1ccc2c(c1)OCO2. The number of nitrogens with one attached hydrogen (secondary N) is 2. The van der Waals surface area contributed by atoms with Crippen molar-refractivity contribution >= 4 is 23.3 Å². The van der Waals surface area contributed by atoms with Gasteiger partial charge in [-0.15, -0.1) is 0 Å². The molecule has 2 N–H and O–H groups in total. The van der Waals surface area contributed by atoms with Crippen LogP contribution in [0.15, 0.2) is 59.4 Å². The molecule has 3 aromatic rings. The van der Waals surface area contributed by atoms with E-state index in [0.29, 0.717) is 53.8 Å². The van der Waals surface area contributed by atoms with Crippen LogP contribution in [0.5, 0.6) is 11.5 Å².